The Balaban J connectivity index is 2.72. The van der Waals surface area contributed by atoms with Crippen LogP contribution in [-0.4, -0.2) is 28.9 Å². The molecular formula is C11H15N3O3S. The molecule has 0 fully saturated rings. The number of rotatable bonds is 6. The molecule has 0 aliphatic carbocycles. The van der Waals surface area contributed by atoms with Crippen LogP contribution in [0.1, 0.15) is 6.42 Å². The number of nitro groups is 1. The lowest BCUT2D eigenvalue weighted by Gasteiger charge is -2.11. The van der Waals surface area contributed by atoms with Crippen LogP contribution < -0.4 is 11.1 Å². The number of carbonyl (C=O) groups is 1. The third-order valence-electron chi connectivity index (χ3n) is 2.33. The van der Waals surface area contributed by atoms with Gasteiger partial charge in [-0.1, -0.05) is 12.1 Å². The molecule has 18 heavy (non-hydrogen) atoms. The van der Waals surface area contributed by atoms with E-state index in [4.69, 9.17) is 5.73 Å². The van der Waals surface area contributed by atoms with Crippen LogP contribution in [0.4, 0.5) is 11.4 Å². The number of hydrogen-bond donors (Lipinski definition) is 2. The Labute approximate surface area is 109 Å². The molecule has 0 aliphatic heterocycles. The average Bonchev–Trinajstić information content (AvgIpc) is 2.36. The summed E-state index contributed by atoms with van der Waals surface area (Å²) in [6.45, 7) is 0. The second kappa shape index (κ2) is 6.97. The van der Waals surface area contributed by atoms with E-state index in [9.17, 15) is 14.9 Å². The zero-order valence-corrected chi connectivity index (χ0v) is 10.8. The van der Waals surface area contributed by atoms with E-state index in [0.717, 1.165) is 5.75 Å². The molecule has 0 bridgehead atoms. The predicted octanol–water partition coefficient (Wildman–Crippen LogP) is 1.61. The zero-order chi connectivity index (χ0) is 13.5. The molecule has 0 saturated heterocycles. The average molecular weight is 269 g/mol. The number of nitro benzene ring substituents is 1. The molecule has 1 amide bonds. The van der Waals surface area contributed by atoms with Crippen LogP contribution in [0.5, 0.6) is 0 Å². The second-order valence-corrected chi connectivity index (χ2v) is 4.64. The lowest BCUT2D eigenvalue weighted by molar-refractivity contribution is -0.383. The maximum atomic E-state index is 11.7. The Kier molecular flexibility index (Phi) is 5.60. The molecule has 98 valence electrons. The van der Waals surface area contributed by atoms with Crippen molar-refractivity contribution in [1.82, 2.24) is 0 Å². The van der Waals surface area contributed by atoms with Crippen LogP contribution in [0.15, 0.2) is 24.3 Å². The van der Waals surface area contributed by atoms with Crippen LogP contribution in [0.2, 0.25) is 0 Å². The van der Waals surface area contributed by atoms with Crippen molar-refractivity contribution >= 4 is 29.0 Å². The first-order valence-corrected chi connectivity index (χ1v) is 6.74. The number of nitrogens with zero attached hydrogens (tertiary/aromatic N) is 1. The molecule has 0 unspecified atom stereocenters. The second-order valence-electron chi connectivity index (χ2n) is 3.65. The van der Waals surface area contributed by atoms with E-state index < -0.39 is 16.9 Å². The summed E-state index contributed by atoms with van der Waals surface area (Å²) in [7, 11) is 0. The van der Waals surface area contributed by atoms with E-state index in [2.05, 4.69) is 5.32 Å². The van der Waals surface area contributed by atoms with Crippen LogP contribution in [0.25, 0.3) is 0 Å². The number of anilines is 1. The van der Waals surface area contributed by atoms with Gasteiger partial charge in [0.1, 0.15) is 5.69 Å². The molecule has 0 spiro atoms. The van der Waals surface area contributed by atoms with Crippen LogP contribution in [0.3, 0.4) is 0 Å². The molecule has 0 aromatic heterocycles. The maximum absolute atomic E-state index is 11.7. The lowest BCUT2D eigenvalue weighted by Crippen LogP contribution is -2.36. The van der Waals surface area contributed by atoms with Crippen molar-refractivity contribution in [3.63, 3.8) is 0 Å². The molecule has 0 aliphatic rings. The number of amides is 1. The van der Waals surface area contributed by atoms with Crippen molar-refractivity contribution in [3.05, 3.63) is 34.4 Å². The summed E-state index contributed by atoms with van der Waals surface area (Å²) >= 11 is 1.59. The molecule has 7 heteroatoms. The smallest absolute Gasteiger partial charge is 0.292 e. The zero-order valence-electron chi connectivity index (χ0n) is 9.96. The highest BCUT2D eigenvalue weighted by atomic mass is 32.2. The van der Waals surface area contributed by atoms with Gasteiger partial charge in [0.25, 0.3) is 5.69 Å². The van der Waals surface area contributed by atoms with Gasteiger partial charge >= 0.3 is 0 Å². The van der Waals surface area contributed by atoms with Crippen molar-refractivity contribution in [1.29, 1.82) is 0 Å². The highest BCUT2D eigenvalue weighted by Gasteiger charge is 2.18. The van der Waals surface area contributed by atoms with E-state index in [1.165, 1.54) is 12.1 Å². The summed E-state index contributed by atoms with van der Waals surface area (Å²) in [6.07, 6.45) is 2.46. The van der Waals surface area contributed by atoms with Crippen LogP contribution in [-0.2, 0) is 4.79 Å². The third kappa shape index (κ3) is 4.01. The summed E-state index contributed by atoms with van der Waals surface area (Å²) in [5.41, 5.74) is 5.72. The van der Waals surface area contributed by atoms with Gasteiger partial charge in [-0.2, -0.15) is 11.8 Å². The monoisotopic (exact) mass is 269 g/mol. The molecule has 0 radical (unpaired) electrons. The summed E-state index contributed by atoms with van der Waals surface area (Å²) < 4.78 is 0. The van der Waals surface area contributed by atoms with Gasteiger partial charge in [0.15, 0.2) is 0 Å². The number of nitrogens with two attached hydrogens (primary N) is 1. The van der Waals surface area contributed by atoms with Gasteiger partial charge in [0.2, 0.25) is 5.91 Å². The van der Waals surface area contributed by atoms with E-state index in [0.29, 0.717) is 6.42 Å². The number of thioether (sulfide) groups is 1. The summed E-state index contributed by atoms with van der Waals surface area (Å²) in [6, 6.07) is 5.33. The minimum atomic E-state index is -0.655. The Hall–Kier alpha value is -1.60. The van der Waals surface area contributed by atoms with Crippen molar-refractivity contribution in [3.8, 4) is 0 Å². The molecule has 1 atom stereocenters. The minimum Gasteiger partial charge on any atom is -0.320 e. The number of nitrogens with one attached hydrogen (secondary N) is 1. The first-order chi connectivity index (χ1) is 8.56. The molecule has 1 aromatic carbocycles. The van der Waals surface area contributed by atoms with Gasteiger partial charge in [-0.15, -0.1) is 0 Å². The Morgan fingerprint density at radius 3 is 2.83 bits per heavy atom. The third-order valence-corrected chi connectivity index (χ3v) is 2.97. The van der Waals surface area contributed by atoms with Gasteiger partial charge in [0, 0.05) is 6.07 Å². The van der Waals surface area contributed by atoms with Gasteiger partial charge < -0.3 is 11.1 Å². The van der Waals surface area contributed by atoms with Gasteiger partial charge in [-0.25, -0.2) is 0 Å². The van der Waals surface area contributed by atoms with Crippen molar-refractivity contribution in [2.75, 3.05) is 17.3 Å². The Bertz CT molecular complexity index is 439. The van der Waals surface area contributed by atoms with Crippen molar-refractivity contribution in [2.45, 2.75) is 12.5 Å². The van der Waals surface area contributed by atoms with Crippen LogP contribution >= 0.6 is 11.8 Å². The molecule has 0 saturated carbocycles. The van der Waals surface area contributed by atoms with E-state index in [1.807, 2.05) is 6.26 Å². The number of benzene rings is 1. The Morgan fingerprint density at radius 2 is 2.22 bits per heavy atom. The van der Waals surface area contributed by atoms with Crippen molar-refractivity contribution in [2.24, 2.45) is 5.73 Å². The van der Waals surface area contributed by atoms with Gasteiger partial charge in [-0.05, 0) is 24.5 Å². The van der Waals surface area contributed by atoms with Crippen LogP contribution in [0, 0.1) is 10.1 Å². The Morgan fingerprint density at radius 1 is 1.56 bits per heavy atom. The van der Waals surface area contributed by atoms with Gasteiger partial charge in [0.05, 0.1) is 11.0 Å². The first-order valence-electron chi connectivity index (χ1n) is 5.35. The molecule has 0 heterocycles. The quantitative estimate of drug-likeness (QED) is 0.604. The standard InChI is InChI=1S/C11H15N3O3S/c1-18-7-6-8(12)11(15)13-9-4-2-3-5-10(9)14(16)17/h2-5,8H,6-7,12H2,1H3,(H,13,15)/t8-/m1/s1. The highest BCUT2D eigenvalue weighted by molar-refractivity contribution is 7.98. The fourth-order valence-corrected chi connectivity index (χ4v) is 1.83. The maximum Gasteiger partial charge on any atom is 0.292 e. The fraction of sp³-hybridized carbons (Fsp3) is 0.364. The summed E-state index contributed by atoms with van der Waals surface area (Å²) in [5.74, 6) is 0.365. The highest BCUT2D eigenvalue weighted by Crippen LogP contribution is 2.23. The number of hydrogen-bond acceptors (Lipinski definition) is 5. The molecule has 1 rings (SSSR count). The molecule has 6 nitrogen and oxygen atoms in total. The minimum absolute atomic E-state index is 0.136. The number of carbonyl (C=O) groups excluding carboxylic acids is 1. The van der Waals surface area contributed by atoms with E-state index in [1.54, 1.807) is 23.9 Å². The predicted molar refractivity (Wildman–Crippen MR) is 72.7 cm³/mol. The molecule has 1 aromatic rings. The van der Waals surface area contributed by atoms with Gasteiger partial charge in [-0.3, -0.25) is 14.9 Å². The lowest BCUT2D eigenvalue weighted by atomic mass is 10.2. The molecular weight excluding hydrogens is 254 g/mol. The first kappa shape index (κ1) is 14.5. The fourth-order valence-electron chi connectivity index (χ4n) is 1.34. The van der Waals surface area contributed by atoms with E-state index >= 15 is 0 Å². The summed E-state index contributed by atoms with van der Waals surface area (Å²) in [4.78, 5) is 22.0. The van der Waals surface area contributed by atoms with E-state index in [-0.39, 0.29) is 11.4 Å². The summed E-state index contributed by atoms with van der Waals surface area (Å²) in [5, 5.41) is 13.3. The topological polar surface area (TPSA) is 98.3 Å². The number of para-hydroxylation sites is 2. The van der Waals surface area contributed by atoms with Crippen molar-refractivity contribution < 1.29 is 9.72 Å². The SMILES string of the molecule is CSCC[C@@H](N)C(=O)Nc1ccccc1[N+](=O)[O-]. The largest absolute Gasteiger partial charge is 0.320 e. The normalized spacial score (nSPS) is 11.9. The molecule has 3 N–H and O–H groups in total.